The third-order valence-corrected chi connectivity index (χ3v) is 3.80. The number of amides is 1. The summed E-state index contributed by atoms with van der Waals surface area (Å²) in [6, 6.07) is 6.00. The molecule has 3 rings (SSSR count). The number of rotatable bonds is 2. The summed E-state index contributed by atoms with van der Waals surface area (Å²) in [5, 5.41) is 2.94. The average Bonchev–Trinajstić information content (AvgIpc) is 2.92. The van der Waals surface area contributed by atoms with Crippen molar-refractivity contribution in [2.24, 2.45) is 0 Å². The van der Waals surface area contributed by atoms with E-state index in [-0.39, 0.29) is 12.1 Å². The Morgan fingerprint density at radius 1 is 1.30 bits per heavy atom. The first-order chi connectivity index (χ1) is 10.9. The molecule has 0 saturated carbocycles. The zero-order valence-corrected chi connectivity index (χ0v) is 13.9. The number of hydrogen-bond acceptors (Lipinski definition) is 5. The van der Waals surface area contributed by atoms with Crippen molar-refractivity contribution in [3.63, 3.8) is 0 Å². The van der Waals surface area contributed by atoms with Crippen LogP contribution in [0.15, 0.2) is 18.2 Å². The van der Waals surface area contributed by atoms with Crippen LogP contribution in [0.4, 0.5) is 10.5 Å². The van der Waals surface area contributed by atoms with Gasteiger partial charge in [-0.15, -0.1) is 0 Å². The fraction of sp³-hybridized carbons (Fsp3) is 0.588. The number of alkyl carbamates (subject to hydrolysis) is 1. The molecule has 6 heteroatoms. The van der Waals surface area contributed by atoms with Gasteiger partial charge in [0.25, 0.3) is 0 Å². The molecule has 1 aromatic rings. The standard InChI is InChI=1S/C17H24N2O4/c1-17(2,3)23-16(20)18-12-7-8-19(11-12)13-5-4-6-14-15(13)22-10-9-21-14/h4-6,12H,7-11H2,1-3H3,(H,18,20). The SMILES string of the molecule is CC(C)(C)OC(=O)NC1CCN(c2cccc3c2OCCO3)C1. The molecule has 2 aliphatic heterocycles. The molecule has 2 aliphatic rings. The van der Waals surface area contributed by atoms with Gasteiger partial charge in [0.15, 0.2) is 11.5 Å². The largest absolute Gasteiger partial charge is 0.486 e. The van der Waals surface area contributed by atoms with Crippen molar-refractivity contribution in [3.8, 4) is 11.5 Å². The summed E-state index contributed by atoms with van der Waals surface area (Å²) in [5.41, 5.74) is 0.544. The van der Waals surface area contributed by atoms with Gasteiger partial charge in [0, 0.05) is 13.1 Å². The molecule has 2 heterocycles. The van der Waals surface area contributed by atoms with Crippen LogP contribution in [-0.2, 0) is 4.74 Å². The van der Waals surface area contributed by atoms with Gasteiger partial charge in [0.1, 0.15) is 18.8 Å². The first-order valence-corrected chi connectivity index (χ1v) is 8.05. The minimum atomic E-state index is -0.480. The van der Waals surface area contributed by atoms with Crippen LogP contribution in [-0.4, -0.2) is 44.0 Å². The molecule has 1 fully saturated rings. The molecule has 0 radical (unpaired) electrons. The molecule has 6 nitrogen and oxygen atoms in total. The van der Waals surface area contributed by atoms with Gasteiger partial charge < -0.3 is 24.4 Å². The van der Waals surface area contributed by atoms with E-state index in [1.807, 2.05) is 39.0 Å². The lowest BCUT2D eigenvalue weighted by atomic mass is 10.2. The first-order valence-electron chi connectivity index (χ1n) is 8.05. The van der Waals surface area contributed by atoms with Gasteiger partial charge in [-0.2, -0.15) is 0 Å². The maximum absolute atomic E-state index is 11.9. The zero-order valence-electron chi connectivity index (χ0n) is 13.9. The van der Waals surface area contributed by atoms with Crippen LogP contribution in [0.3, 0.4) is 0 Å². The lowest BCUT2D eigenvalue weighted by Gasteiger charge is -2.26. The molecule has 1 amide bonds. The summed E-state index contributed by atoms with van der Waals surface area (Å²) in [6.45, 7) is 8.33. The molecule has 0 bridgehead atoms. The third kappa shape index (κ3) is 3.81. The van der Waals surface area contributed by atoms with E-state index in [1.165, 1.54) is 0 Å². The van der Waals surface area contributed by atoms with Crippen LogP contribution in [0, 0.1) is 0 Å². The average molecular weight is 320 g/mol. The molecule has 1 N–H and O–H groups in total. The van der Waals surface area contributed by atoms with Crippen molar-refractivity contribution >= 4 is 11.8 Å². The fourth-order valence-electron chi connectivity index (χ4n) is 2.88. The van der Waals surface area contributed by atoms with Crippen molar-refractivity contribution in [2.75, 3.05) is 31.2 Å². The van der Waals surface area contributed by atoms with Gasteiger partial charge in [-0.3, -0.25) is 0 Å². The second kappa shape index (κ2) is 6.18. The molecule has 1 unspecified atom stereocenters. The van der Waals surface area contributed by atoms with E-state index in [0.29, 0.717) is 13.2 Å². The van der Waals surface area contributed by atoms with Gasteiger partial charge in [0.2, 0.25) is 0 Å². The quantitative estimate of drug-likeness (QED) is 0.907. The van der Waals surface area contributed by atoms with Crippen LogP contribution < -0.4 is 19.7 Å². The Labute approximate surface area is 136 Å². The second-order valence-corrected chi connectivity index (χ2v) is 6.88. The van der Waals surface area contributed by atoms with Crippen molar-refractivity contribution < 1.29 is 19.0 Å². The second-order valence-electron chi connectivity index (χ2n) is 6.88. The molecule has 0 spiro atoms. The minimum absolute atomic E-state index is 0.0743. The Kier molecular flexibility index (Phi) is 4.24. The van der Waals surface area contributed by atoms with Crippen molar-refractivity contribution in [1.29, 1.82) is 0 Å². The third-order valence-electron chi connectivity index (χ3n) is 3.80. The monoisotopic (exact) mass is 320 g/mol. The Bertz CT molecular complexity index is 582. The first kappa shape index (κ1) is 15.8. The van der Waals surface area contributed by atoms with Gasteiger partial charge in [-0.05, 0) is 39.3 Å². The molecule has 1 atom stereocenters. The van der Waals surface area contributed by atoms with Gasteiger partial charge in [-0.1, -0.05) is 6.07 Å². The Balaban J connectivity index is 1.63. The Morgan fingerprint density at radius 3 is 2.87 bits per heavy atom. The van der Waals surface area contributed by atoms with Crippen LogP contribution in [0.25, 0.3) is 0 Å². The smallest absolute Gasteiger partial charge is 0.407 e. The lowest BCUT2D eigenvalue weighted by molar-refractivity contribution is 0.0509. The number of anilines is 1. The highest BCUT2D eigenvalue weighted by Crippen LogP contribution is 2.40. The van der Waals surface area contributed by atoms with Crippen LogP contribution in [0.1, 0.15) is 27.2 Å². The predicted octanol–water partition coefficient (Wildman–Crippen LogP) is 2.56. The number of carbonyl (C=O) groups excluding carboxylic acids is 1. The summed E-state index contributed by atoms with van der Waals surface area (Å²) in [4.78, 5) is 14.1. The highest BCUT2D eigenvalue weighted by molar-refractivity contribution is 5.69. The van der Waals surface area contributed by atoms with Gasteiger partial charge in [-0.25, -0.2) is 4.79 Å². The van der Waals surface area contributed by atoms with E-state index in [0.717, 1.165) is 36.7 Å². The Morgan fingerprint density at radius 2 is 2.09 bits per heavy atom. The van der Waals surface area contributed by atoms with Gasteiger partial charge >= 0.3 is 6.09 Å². The maximum atomic E-state index is 11.9. The summed E-state index contributed by atoms with van der Waals surface area (Å²) in [5.74, 6) is 1.59. The molecule has 0 aliphatic carbocycles. The number of para-hydroxylation sites is 1. The Hall–Kier alpha value is -2.11. The molecule has 0 aromatic heterocycles. The van der Waals surface area contributed by atoms with Crippen LogP contribution in [0.5, 0.6) is 11.5 Å². The van der Waals surface area contributed by atoms with Crippen LogP contribution >= 0.6 is 0 Å². The number of nitrogens with one attached hydrogen (secondary N) is 1. The molecule has 126 valence electrons. The number of fused-ring (bicyclic) bond motifs is 1. The van der Waals surface area contributed by atoms with Crippen LogP contribution in [0.2, 0.25) is 0 Å². The number of hydrogen-bond donors (Lipinski definition) is 1. The maximum Gasteiger partial charge on any atom is 0.407 e. The van der Waals surface area contributed by atoms with E-state index < -0.39 is 5.60 Å². The number of benzene rings is 1. The highest BCUT2D eigenvalue weighted by Gasteiger charge is 2.29. The topological polar surface area (TPSA) is 60.0 Å². The minimum Gasteiger partial charge on any atom is -0.486 e. The van der Waals surface area contributed by atoms with Crippen molar-refractivity contribution in [2.45, 2.75) is 38.8 Å². The number of carbonyl (C=O) groups is 1. The molecule has 1 aromatic carbocycles. The van der Waals surface area contributed by atoms with Crippen molar-refractivity contribution in [3.05, 3.63) is 18.2 Å². The van der Waals surface area contributed by atoms with Crippen molar-refractivity contribution in [1.82, 2.24) is 5.32 Å². The molecule has 1 saturated heterocycles. The van der Waals surface area contributed by atoms with E-state index >= 15 is 0 Å². The summed E-state index contributed by atoms with van der Waals surface area (Å²) in [6.07, 6.45) is 0.517. The molecular formula is C17H24N2O4. The number of nitrogens with zero attached hydrogens (tertiary/aromatic N) is 1. The summed E-state index contributed by atoms with van der Waals surface area (Å²) < 4.78 is 16.7. The zero-order chi connectivity index (χ0) is 16.4. The summed E-state index contributed by atoms with van der Waals surface area (Å²) in [7, 11) is 0. The van der Waals surface area contributed by atoms with E-state index in [9.17, 15) is 4.79 Å². The van der Waals surface area contributed by atoms with E-state index in [2.05, 4.69) is 10.2 Å². The highest BCUT2D eigenvalue weighted by atomic mass is 16.6. The van der Waals surface area contributed by atoms with Gasteiger partial charge in [0.05, 0.1) is 11.7 Å². The summed E-state index contributed by atoms with van der Waals surface area (Å²) >= 11 is 0. The fourth-order valence-corrected chi connectivity index (χ4v) is 2.88. The van der Waals surface area contributed by atoms with E-state index in [1.54, 1.807) is 0 Å². The molecule has 23 heavy (non-hydrogen) atoms. The molecular weight excluding hydrogens is 296 g/mol. The number of ether oxygens (including phenoxy) is 3. The normalized spacial score (nSPS) is 20.3. The predicted molar refractivity (Wildman–Crippen MR) is 87.4 cm³/mol. The van der Waals surface area contributed by atoms with E-state index in [4.69, 9.17) is 14.2 Å². The lowest BCUT2D eigenvalue weighted by Crippen LogP contribution is -2.40.